The molecular weight excluding hydrogens is 492 g/mol. The summed E-state index contributed by atoms with van der Waals surface area (Å²) in [6, 6.07) is 20.3. The van der Waals surface area contributed by atoms with Crippen molar-refractivity contribution in [1.82, 2.24) is 0 Å². The molecule has 216 valence electrons. The highest BCUT2D eigenvalue weighted by Gasteiger charge is 2.12. The molecule has 3 aromatic carbocycles. The van der Waals surface area contributed by atoms with Gasteiger partial charge in [-0.25, -0.2) is 0 Å². The summed E-state index contributed by atoms with van der Waals surface area (Å²) < 4.78 is 0. The molecule has 41 heavy (non-hydrogen) atoms. The molecule has 0 aliphatic heterocycles. The maximum atomic E-state index is 3.59. The Labute approximate surface area is 252 Å². The molecule has 0 radical (unpaired) electrons. The Hall–Kier alpha value is -3.22. The fourth-order valence-electron chi connectivity index (χ4n) is 5.47. The highest BCUT2D eigenvalue weighted by atomic mass is 14.2. The van der Waals surface area contributed by atoms with Crippen LogP contribution < -0.4 is 0 Å². The van der Waals surface area contributed by atoms with E-state index in [0.29, 0.717) is 0 Å². The van der Waals surface area contributed by atoms with Gasteiger partial charge in [-0.1, -0.05) is 118 Å². The normalized spacial score (nSPS) is 10.6. The molecule has 0 N–H and O–H groups in total. The van der Waals surface area contributed by atoms with Crippen molar-refractivity contribution in [3.05, 3.63) is 93.5 Å². The third kappa shape index (κ3) is 10.9. The van der Waals surface area contributed by atoms with E-state index in [1.54, 1.807) is 0 Å². The number of hydrogen-bond donors (Lipinski definition) is 0. The third-order valence-electron chi connectivity index (χ3n) is 8.05. The minimum atomic E-state index is 0.932. The van der Waals surface area contributed by atoms with Gasteiger partial charge in [0.25, 0.3) is 0 Å². The van der Waals surface area contributed by atoms with Gasteiger partial charge in [0, 0.05) is 24.0 Å². The molecule has 0 saturated carbocycles. The maximum absolute atomic E-state index is 3.59. The zero-order chi connectivity index (χ0) is 29.3. The second-order valence-electron chi connectivity index (χ2n) is 11.7. The summed E-state index contributed by atoms with van der Waals surface area (Å²) in [5.41, 5.74) is 12.1. The van der Waals surface area contributed by atoms with Crippen LogP contribution in [0.4, 0.5) is 0 Å². The highest BCUT2D eigenvalue weighted by Crippen LogP contribution is 2.32. The maximum Gasteiger partial charge on any atom is 0.0280 e. The van der Waals surface area contributed by atoms with Crippen molar-refractivity contribution in [3.8, 4) is 34.8 Å². The summed E-state index contributed by atoms with van der Waals surface area (Å²) in [6.45, 7) is 11.2. The van der Waals surface area contributed by atoms with Crippen LogP contribution in [0.1, 0.15) is 130 Å². The first-order chi connectivity index (χ1) is 20.0. The largest absolute Gasteiger partial charge is 0.0979 e. The topological polar surface area (TPSA) is 0 Å². The lowest BCUT2D eigenvalue weighted by molar-refractivity contribution is 0.666. The molecule has 0 aromatic heterocycles. The van der Waals surface area contributed by atoms with Crippen LogP contribution in [0.5, 0.6) is 0 Å². The molecule has 0 heteroatoms. The second kappa shape index (κ2) is 18.3. The van der Waals surface area contributed by atoms with Crippen molar-refractivity contribution >= 4 is 0 Å². The summed E-state index contributed by atoms with van der Waals surface area (Å²) in [6.07, 6.45) is 16.7. The molecule has 0 fully saturated rings. The SMILES string of the molecule is CCCCCCc1cc(-c2cc(C)ccc2CCCCCC)c(C)cc1C#CCCCCC#Cc1ccccc1C. The summed E-state index contributed by atoms with van der Waals surface area (Å²) in [4.78, 5) is 0. The van der Waals surface area contributed by atoms with Crippen LogP contribution >= 0.6 is 0 Å². The molecule has 0 atom stereocenters. The average Bonchev–Trinajstić information content (AvgIpc) is 2.97. The predicted octanol–water partition coefficient (Wildman–Crippen LogP) is 11.5. The van der Waals surface area contributed by atoms with Crippen molar-refractivity contribution in [2.24, 2.45) is 0 Å². The van der Waals surface area contributed by atoms with E-state index < -0.39 is 0 Å². The molecule has 0 aliphatic carbocycles. The van der Waals surface area contributed by atoms with Crippen molar-refractivity contribution < 1.29 is 0 Å². The van der Waals surface area contributed by atoms with Crippen LogP contribution in [0.2, 0.25) is 0 Å². The van der Waals surface area contributed by atoms with Gasteiger partial charge in [-0.2, -0.15) is 0 Å². The Morgan fingerprint density at radius 3 is 1.80 bits per heavy atom. The van der Waals surface area contributed by atoms with Crippen molar-refractivity contribution in [3.63, 3.8) is 0 Å². The molecule has 0 spiro atoms. The van der Waals surface area contributed by atoms with E-state index in [2.05, 4.69) is 113 Å². The Kier molecular flexibility index (Phi) is 14.4. The number of benzene rings is 3. The molecule has 0 unspecified atom stereocenters. The van der Waals surface area contributed by atoms with E-state index in [-0.39, 0.29) is 0 Å². The molecule has 0 aliphatic rings. The second-order valence-corrected chi connectivity index (χ2v) is 11.7. The van der Waals surface area contributed by atoms with Crippen LogP contribution in [0, 0.1) is 44.5 Å². The Balaban J connectivity index is 1.73. The minimum Gasteiger partial charge on any atom is -0.0979 e. The summed E-state index contributed by atoms with van der Waals surface area (Å²) in [5, 5.41) is 0. The molecule has 3 aromatic rings. The monoisotopic (exact) mass is 544 g/mol. The quantitative estimate of drug-likeness (QED) is 0.140. The van der Waals surface area contributed by atoms with Crippen LogP contribution in [-0.2, 0) is 12.8 Å². The minimum absolute atomic E-state index is 0.932. The van der Waals surface area contributed by atoms with Gasteiger partial charge in [0.1, 0.15) is 0 Å². The number of aryl methyl sites for hydroxylation is 5. The Bertz CT molecular complexity index is 1350. The van der Waals surface area contributed by atoms with Gasteiger partial charge in [0.15, 0.2) is 0 Å². The lowest BCUT2D eigenvalue weighted by Gasteiger charge is -2.16. The van der Waals surface area contributed by atoms with Crippen molar-refractivity contribution in [2.75, 3.05) is 0 Å². The first-order valence-corrected chi connectivity index (χ1v) is 16.3. The van der Waals surface area contributed by atoms with Gasteiger partial charge in [-0.3, -0.25) is 0 Å². The van der Waals surface area contributed by atoms with Crippen LogP contribution in [-0.4, -0.2) is 0 Å². The molecule has 3 rings (SSSR count). The van der Waals surface area contributed by atoms with Gasteiger partial charge in [0.05, 0.1) is 0 Å². The van der Waals surface area contributed by atoms with Crippen LogP contribution in [0.25, 0.3) is 11.1 Å². The summed E-state index contributed by atoms with van der Waals surface area (Å²) in [5.74, 6) is 13.8. The molecule has 0 heterocycles. The summed E-state index contributed by atoms with van der Waals surface area (Å²) in [7, 11) is 0. The van der Waals surface area contributed by atoms with Crippen LogP contribution in [0.3, 0.4) is 0 Å². The molecular formula is C41H52. The number of hydrogen-bond acceptors (Lipinski definition) is 0. The summed E-state index contributed by atoms with van der Waals surface area (Å²) >= 11 is 0. The van der Waals surface area contributed by atoms with Crippen molar-refractivity contribution in [2.45, 2.75) is 125 Å². The zero-order valence-corrected chi connectivity index (χ0v) is 26.6. The first-order valence-electron chi connectivity index (χ1n) is 16.3. The zero-order valence-electron chi connectivity index (χ0n) is 26.6. The van der Waals surface area contributed by atoms with E-state index in [0.717, 1.165) is 44.1 Å². The fourth-order valence-corrected chi connectivity index (χ4v) is 5.47. The van der Waals surface area contributed by atoms with Crippen molar-refractivity contribution in [1.29, 1.82) is 0 Å². The predicted molar refractivity (Wildman–Crippen MR) is 180 cm³/mol. The fraction of sp³-hybridized carbons (Fsp3) is 0.463. The Morgan fingerprint density at radius 2 is 1.15 bits per heavy atom. The molecule has 0 amide bonds. The average molecular weight is 545 g/mol. The molecule has 0 nitrogen and oxygen atoms in total. The van der Waals surface area contributed by atoms with Gasteiger partial charge in [-0.15, -0.1) is 0 Å². The third-order valence-corrected chi connectivity index (χ3v) is 8.05. The number of unbranched alkanes of at least 4 members (excludes halogenated alkanes) is 9. The van der Waals surface area contributed by atoms with Crippen LogP contribution in [0.15, 0.2) is 54.6 Å². The number of rotatable bonds is 14. The highest BCUT2D eigenvalue weighted by molar-refractivity contribution is 5.73. The van der Waals surface area contributed by atoms with E-state index in [4.69, 9.17) is 0 Å². The lowest BCUT2D eigenvalue weighted by atomic mass is 9.88. The first kappa shape index (κ1) is 32.3. The lowest BCUT2D eigenvalue weighted by Crippen LogP contribution is -1.98. The van der Waals surface area contributed by atoms with E-state index in [9.17, 15) is 0 Å². The standard InChI is InChI=1S/C41H52/c1-6-8-10-16-25-37-29-28-33(3)30-41(37)40-32-39(27-17-11-9-7-2)38(31-35(40)5)26-19-15-13-12-14-18-23-36-24-21-20-22-34(36)4/h20-22,24,28-32H,6-17,25,27H2,1-5H3. The van der Waals surface area contributed by atoms with E-state index in [1.165, 1.54) is 95.9 Å². The van der Waals surface area contributed by atoms with E-state index in [1.807, 2.05) is 0 Å². The van der Waals surface area contributed by atoms with E-state index >= 15 is 0 Å². The Morgan fingerprint density at radius 1 is 0.512 bits per heavy atom. The van der Waals surface area contributed by atoms with Gasteiger partial charge in [-0.05, 0) is 111 Å². The van der Waals surface area contributed by atoms with Gasteiger partial charge in [0.2, 0.25) is 0 Å². The molecule has 0 bridgehead atoms. The molecule has 0 saturated heterocycles. The van der Waals surface area contributed by atoms with Gasteiger partial charge >= 0.3 is 0 Å². The smallest absolute Gasteiger partial charge is 0.0280 e. The van der Waals surface area contributed by atoms with Gasteiger partial charge < -0.3 is 0 Å².